The fraction of sp³-hybridized carbons (Fsp3) is 0.667. The second-order valence-corrected chi connectivity index (χ2v) is 6.42. The largest absolute Gasteiger partial charge is 0.356 e. The highest BCUT2D eigenvalue weighted by atomic mass is 15.2. The molecule has 0 aromatic carbocycles. The summed E-state index contributed by atoms with van der Waals surface area (Å²) in [6, 6.07) is 2.54. The van der Waals surface area contributed by atoms with Crippen LogP contribution in [-0.2, 0) is 6.42 Å². The lowest BCUT2D eigenvalue weighted by Crippen LogP contribution is -2.42. The Bertz CT molecular complexity index is 454. The molecule has 1 aromatic heterocycles. The summed E-state index contributed by atoms with van der Waals surface area (Å²) in [5.41, 5.74) is 2.58. The lowest BCUT2D eigenvalue weighted by Gasteiger charge is -2.18. The highest BCUT2D eigenvalue weighted by Crippen LogP contribution is 2.08. The van der Waals surface area contributed by atoms with Crippen LogP contribution in [0, 0.1) is 12.8 Å². The number of pyridine rings is 1. The molecule has 1 aromatic rings. The SMILES string of the molecule is CN=C(NCCc1ccncc1C)NC(C)CCCC(C)C. The Morgan fingerprint density at radius 3 is 2.68 bits per heavy atom. The summed E-state index contributed by atoms with van der Waals surface area (Å²) < 4.78 is 0. The van der Waals surface area contributed by atoms with E-state index in [0.717, 1.165) is 24.8 Å². The summed E-state index contributed by atoms with van der Waals surface area (Å²) in [5, 5.41) is 6.86. The number of guanidine groups is 1. The van der Waals surface area contributed by atoms with Crippen LogP contribution < -0.4 is 10.6 Å². The molecule has 0 amide bonds. The molecule has 0 aliphatic heterocycles. The first-order valence-electron chi connectivity index (χ1n) is 8.39. The highest BCUT2D eigenvalue weighted by molar-refractivity contribution is 5.79. The molecule has 1 unspecified atom stereocenters. The third-order valence-corrected chi connectivity index (χ3v) is 3.85. The van der Waals surface area contributed by atoms with Crippen LogP contribution in [0.1, 0.15) is 51.2 Å². The van der Waals surface area contributed by atoms with Crippen molar-refractivity contribution in [2.24, 2.45) is 10.9 Å². The van der Waals surface area contributed by atoms with Gasteiger partial charge in [0.15, 0.2) is 5.96 Å². The van der Waals surface area contributed by atoms with Crippen molar-refractivity contribution in [3.8, 4) is 0 Å². The van der Waals surface area contributed by atoms with E-state index in [2.05, 4.69) is 54.4 Å². The molecular weight excluding hydrogens is 272 g/mol. The van der Waals surface area contributed by atoms with Crippen LogP contribution in [0.5, 0.6) is 0 Å². The van der Waals surface area contributed by atoms with E-state index in [1.165, 1.54) is 30.4 Å². The monoisotopic (exact) mass is 304 g/mol. The average Bonchev–Trinajstić information content (AvgIpc) is 2.47. The molecule has 22 heavy (non-hydrogen) atoms. The predicted molar refractivity (Wildman–Crippen MR) is 95.3 cm³/mol. The third-order valence-electron chi connectivity index (χ3n) is 3.85. The standard InChI is InChI=1S/C18H32N4/c1-14(2)7-6-8-16(4)22-18(19-5)21-12-10-17-9-11-20-13-15(17)3/h9,11,13-14,16H,6-8,10,12H2,1-5H3,(H2,19,21,22). The van der Waals surface area contributed by atoms with Gasteiger partial charge in [0.2, 0.25) is 0 Å². The van der Waals surface area contributed by atoms with Gasteiger partial charge < -0.3 is 10.6 Å². The minimum absolute atomic E-state index is 0.451. The minimum atomic E-state index is 0.451. The van der Waals surface area contributed by atoms with E-state index in [1.54, 1.807) is 0 Å². The number of nitrogens with one attached hydrogen (secondary N) is 2. The topological polar surface area (TPSA) is 49.3 Å². The first kappa shape index (κ1) is 18.5. The third kappa shape index (κ3) is 7.43. The van der Waals surface area contributed by atoms with Crippen molar-refractivity contribution >= 4 is 5.96 Å². The molecule has 0 aliphatic carbocycles. The van der Waals surface area contributed by atoms with E-state index in [0.29, 0.717) is 6.04 Å². The van der Waals surface area contributed by atoms with Gasteiger partial charge >= 0.3 is 0 Å². The van der Waals surface area contributed by atoms with Gasteiger partial charge in [-0.25, -0.2) is 0 Å². The maximum atomic E-state index is 4.31. The molecule has 0 saturated heterocycles. The van der Waals surface area contributed by atoms with Crippen molar-refractivity contribution in [3.05, 3.63) is 29.6 Å². The molecule has 0 spiro atoms. The van der Waals surface area contributed by atoms with E-state index in [9.17, 15) is 0 Å². The zero-order valence-electron chi connectivity index (χ0n) is 14.8. The molecule has 0 saturated carbocycles. The van der Waals surface area contributed by atoms with Crippen molar-refractivity contribution in [2.75, 3.05) is 13.6 Å². The number of hydrogen-bond acceptors (Lipinski definition) is 2. The van der Waals surface area contributed by atoms with Gasteiger partial charge in [-0.2, -0.15) is 0 Å². The molecule has 0 bridgehead atoms. The maximum Gasteiger partial charge on any atom is 0.191 e. The first-order valence-corrected chi connectivity index (χ1v) is 8.39. The normalized spacial score (nSPS) is 13.3. The van der Waals surface area contributed by atoms with Crippen LogP contribution >= 0.6 is 0 Å². The van der Waals surface area contributed by atoms with Crippen LogP contribution in [-0.4, -0.2) is 30.6 Å². The van der Waals surface area contributed by atoms with Crippen LogP contribution in [0.2, 0.25) is 0 Å². The molecule has 1 atom stereocenters. The quantitative estimate of drug-likeness (QED) is 0.572. The number of aromatic nitrogens is 1. The maximum absolute atomic E-state index is 4.31. The Labute approximate surface area is 135 Å². The van der Waals surface area contributed by atoms with Gasteiger partial charge in [-0.15, -0.1) is 0 Å². The summed E-state index contributed by atoms with van der Waals surface area (Å²) in [5.74, 6) is 1.68. The number of hydrogen-bond donors (Lipinski definition) is 2. The molecule has 4 nitrogen and oxygen atoms in total. The molecule has 2 N–H and O–H groups in total. The summed E-state index contributed by atoms with van der Waals surface area (Å²) >= 11 is 0. The molecule has 0 fully saturated rings. The summed E-state index contributed by atoms with van der Waals surface area (Å²) in [6.45, 7) is 9.76. The smallest absolute Gasteiger partial charge is 0.191 e. The molecular formula is C18H32N4. The second kappa shape index (κ2) is 10.2. The van der Waals surface area contributed by atoms with Crippen LogP contribution in [0.4, 0.5) is 0 Å². The Morgan fingerprint density at radius 2 is 2.05 bits per heavy atom. The van der Waals surface area contributed by atoms with E-state index in [-0.39, 0.29) is 0 Å². The van der Waals surface area contributed by atoms with E-state index >= 15 is 0 Å². The Morgan fingerprint density at radius 1 is 1.27 bits per heavy atom. The summed E-state index contributed by atoms with van der Waals surface area (Å²) in [7, 11) is 1.83. The predicted octanol–water partition coefficient (Wildman–Crippen LogP) is 3.31. The molecule has 1 rings (SSSR count). The average molecular weight is 304 g/mol. The lowest BCUT2D eigenvalue weighted by atomic mass is 10.0. The molecule has 0 radical (unpaired) electrons. The number of nitrogens with zero attached hydrogens (tertiary/aromatic N) is 2. The van der Waals surface area contributed by atoms with Crippen LogP contribution in [0.15, 0.2) is 23.5 Å². The fourth-order valence-electron chi connectivity index (χ4n) is 2.43. The Hall–Kier alpha value is -1.58. The molecule has 0 aliphatic rings. The zero-order valence-corrected chi connectivity index (χ0v) is 14.8. The Balaban J connectivity index is 2.29. The van der Waals surface area contributed by atoms with E-state index in [1.807, 2.05) is 19.4 Å². The van der Waals surface area contributed by atoms with Crippen molar-refractivity contribution < 1.29 is 0 Å². The van der Waals surface area contributed by atoms with Crippen molar-refractivity contribution in [1.82, 2.24) is 15.6 Å². The van der Waals surface area contributed by atoms with E-state index in [4.69, 9.17) is 0 Å². The first-order chi connectivity index (χ1) is 10.5. The zero-order chi connectivity index (χ0) is 16.4. The Kier molecular flexibility index (Phi) is 8.56. The van der Waals surface area contributed by atoms with Crippen molar-refractivity contribution in [2.45, 2.75) is 59.4 Å². The van der Waals surface area contributed by atoms with Crippen LogP contribution in [0.25, 0.3) is 0 Å². The van der Waals surface area contributed by atoms with Gasteiger partial charge in [0.25, 0.3) is 0 Å². The van der Waals surface area contributed by atoms with Gasteiger partial charge in [0, 0.05) is 32.0 Å². The van der Waals surface area contributed by atoms with Crippen molar-refractivity contribution in [3.63, 3.8) is 0 Å². The highest BCUT2D eigenvalue weighted by Gasteiger charge is 2.06. The van der Waals surface area contributed by atoms with Crippen LogP contribution in [0.3, 0.4) is 0 Å². The molecule has 1 heterocycles. The fourth-order valence-corrected chi connectivity index (χ4v) is 2.43. The second-order valence-electron chi connectivity index (χ2n) is 6.42. The molecule has 4 heteroatoms. The minimum Gasteiger partial charge on any atom is -0.356 e. The summed E-state index contributed by atoms with van der Waals surface area (Å²) in [4.78, 5) is 8.43. The molecule has 124 valence electrons. The van der Waals surface area contributed by atoms with Gasteiger partial charge in [0.1, 0.15) is 0 Å². The van der Waals surface area contributed by atoms with Gasteiger partial charge in [-0.1, -0.05) is 26.7 Å². The number of aliphatic imine (C=N–C) groups is 1. The van der Waals surface area contributed by atoms with Crippen molar-refractivity contribution in [1.29, 1.82) is 0 Å². The van der Waals surface area contributed by atoms with E-state index < -0.39 is 0 Å². The van der Waals surface area contributed by atoms with Gasteiger partial charge in [0.05, 0.1) is 0 Å². The van der Waals surface area contributed by atoms with Gasteiger partial charge in [-0.05, 0) is 49.8 Å². The number of rotatable bonds is 8. The number of aryl methyl sites for hydroxylation is 1. The lowest BCUT2D eigenvalue weighted by molar-refractivity contribution is 0.491. The van der Waals surface area contributed by atoms with Gasteiger partial charge in [-0.3, -0.25) is 9.98 Å². The summed E-state index contributed by atoms with van der Waals surface area (Å²) in [6.07, 6.45) is 8.49.